The summed E-state index contributed by atoms with van der Waals surface area (Å²) in [5.74, 6) is 0.268. The largest absolute Gasteiger partial charge is 0.493 e. The number of carboxylic acid groups (broad SMARTS) is 1. The number of rotatable bonds is 13. The van der Waals surface area contributed by atoms with Crippen LogP contribution < -0.4 is 14.2 Å². The van der Waals surface area contributed by atoms with Gasteiger partial charge >= 0.3 is 5.97 Å². The Kier molecular flexibility index (Phi) is 10.7. The van der Waals surface area contributed by atoms with Crippen LogP contribution in [0.15, 0.2) is 70.9 Å². The van der Waals surface area contributed by atoms with Crippen LogP contribution in [0.3, 0.4) is 0 Å². The van der Waals surface area contributed by atoms with Gasteiger partial charge in [-0.15, -0.1) is 11.3 Å². The van der Waals surface area contributed by atoms with Gasteiger partial charge in [-0.3, -0.25) is 14.6 Å². The van der Waals surface area contributed by atoms with Gasteiger partial charge in [0.1, 0.15) is 16.7 Å². The quantitative estimate of drug-likeness (QED) is 0.0933. The number of aromatic carboxylic acids is 1. The van der Waals surface area contributed by atoms with Crippen molar-refractivity contribution in [2.75, 3.05) is 59.7 Å². The number of fused-ring (bicyclic) bond motifs is 1. The molecule has 1 aromatic heterocycles. The highest BCUT2D eigenvalue weighted by Gasteiger charge is 2.32. The van der Waals surface area contributed by atoms with Crippen LogP contribution in [-0.2, 0) is 9.53 Å². The molecule has 6 rings (SSSR count). The van der Waals surface area contributed by atoms with E-state index in [1.54, 1.807) is 22.3 Å². The number of carboxylic acids is 1. The highest BCUT2D eigenvalue weighted by Crippen LogP contribution is 2.37. The van der Waals surface area contributed by atoms with Crippen molar-refractivity contribution in [3.63, 3.8) is 0 Å². The van der Waals surface area contributed by atoms with Crippen molar-refractivity contribution < 1.29 is 33.6 Å². The van der Waals surface area contributed by atoms with E-state index in [9.17, 15) is 14.7 Å². The summed E-state index contributed by atoms with van der Waals surface area (Å²) in [4.78, 5) is 29.3. The fraction of sp³-hybridized carbons (Fsp3) is 0.286. The van der Waals surface area contributed by atoms with Crippen molar-refractivity contribution in [2.45, 2.75) is 6.42 Å². The predicted octanol–water partition coefficient (Wildman–Crippen LogP) is 6.66. The predicted molar refractivity (Wildman–Crippen MR) is 190 cm³/mol. The summed E-state index contributed by atoms with van der Waals surface area (Å²) < 4.78 is 24.6. The van der Waals surface area contributed by atoms with Crippen molar-refractivity contribution >= 4 is 67.7 Å². The first kappa shape index (κ1) is 33.0. The summed E-state index contributed by atoms with van der Waals surface area (Å²) in [6.45, 7) is 5.21. The maximum atomic E-state index is 13.6. The Labute approximate surface area is 286 Å². The lowest BCUT2D eigenvalue weighted by atomic mass is 10.0. The molecule has 0 spiro atoms. The minimum absolute atomic E-state index is 0.110. The Hall–Kier alpha value is -3.94. The van der Waals surface area contributed by atoms with Crippen LogP contribution >= 0.6 is 35.3 Å². The average Bonchev–Trinajstić information content (AvgIpc) is 3.66. The molecular weight excluding hydrogens is 657 g/mol. The van der Waals surface area contributed by atoms with Crippen LogP contribution in [0.25, 0.3) is 27.3 Å². The third kappa shape index (κ3) is 7.96. The van der Waals surface area contributed by atoms with Crippen molar-refractivity contribution in [3.05, 3.63) is 82.1 Å². The lowest BCUT2D eigenvalue weighted by Crippen LogP contribution is -2.38. The van der Waals surface area contributed by atoms with Crippen LogP contribution in [0.4, 0.5) is 0 Å². The summed E-state index contributed by atoms with van der Waals surface area (Å²) >= 11 is 8.61. The molecule has 2 saturated heterocycles. The molecule has 0 unspecified atom stereocenters. The summed E-state index contributed by atoms with van der Waals surface area (Å²) in [6, 6.07) is 19.1. The van der Waals surface area contributed by atoms with Gasteiger partial charge in [-0.25, -0.2) is 4.79 Å². The average molecular weight is 691 g/mol. The number of hydrogen-bond acceptors (Lipinski definition) is 10. The van der Waals surface area contributed by atoms with Crippen molar-refractivity contribution in [1.29, 1.82) is 0 Å². The molecule has 0 saturated carbocycles. The fourth-order valence-electron chi connectivity index (χ4n) is 5.39. The minimum Gasteiger partial charge on any atom is -0.493 e. The molecule has 9 nitrogen and oxygen atoms in total. The standard InChI is InChI=1S/C35H34N2O7S3/c1-41-30-21-26(34(39)40)4-7-29(30)43-14-2-10-37-33(38)32(47-35(37)45)22-27-20-23(24-5-8-31-25(19-24)9-18-46-31)3-6-28(27)44-17-13-36-11-15-42-16-12-36/h3-9,18-22H,2,10-17H2,1H3,(H,39,40)/b32-22-. The molecule has 1 N–H and O–H groups in total. The molecule has 0 radical (unpaired) electrons. The third-order valence-corrected chi connectivity index (χ3v) is 10.2. The smallest absolute Gasteiger partial charge is 0.335 e. The van der Waals surface area contributed by atoms with E-state index in [1.165, 1.54) is 41.1 Å². The van der Waals surface area contributed by atoms with E-state index in [1.807, 2.05) is 12.1 Å². The molecule has 3 aromatic carbocycles. The summed E-state index contributed by atoms with van der Waals surface area (Å²) in [5.41, 5.74) is 3.05. The molecule has 1 amide bonds. The number of ether oxygens (including phenoxy) is 4. The van der Waals surface area contributed by atoms with Crippen molar-refractivity contribution in [1.82, 2.24) is 9.80 Å². The normalized spacial score (nSPS) is 16.3. The molecule has 0 aliphatic carbocycles. The second-order valence-electron chi connectivity index (χ2n) is 10.9. The lowest BCUT2D eigenvalue weighted by molar-refractivity contribution is -0.122. The molecular formula is C35H34N2O7S3. The van der Waals surface area contributed by atoms with E-state index in [-0.39, 0.29) is 18.1 Å². The van der Waals surface area contributed by atoms with Crippen LogP contribution in [0.5, 0.6) is 17.2 Å². The van der Waals surface area contributed by atoms with E-state index in [0.29, 0.717) is 46.0 Å². The molecule has 2 aliphatic heterocycles. The van der Waals surface area contributed by atoms with Gasteiger partial charge in [0.15, 0.2) is 11.5 Å². The zero-order valence-corrected chi connectivity index (χ0v) is 28.3. The molecule has 0 bridgehead atoms. The molecule has 2 aliphatic rings. The van der Waals surface area contributed by atoms with Gasteiger partial charge in [0.2, 0.25) is 0 Å². The molecule has 12 heteroatoms. The first-order valence-electron chi connectivity index (χ1n) is 15.2. The number of amides is 1. The van der Waals surface area contributed by atoms with Gasteiger partial charge in [0.25, 0.3) is 5.91 Å². The summed E-state index contributed by atoms with van der Waals surface area (Å²) in [5, 5.41) is 12.5. The number of morpholine rings is 1. The first-order valence-corrected chi connectivity index (χ1v) is 17.3. The van der Waals surface area contributed by atoms with E-state index >= 15 is 0 Å². The highest BCUT2D eigenvalue weighted by atomic mass is 32.2. The number of methoxy groups -OCH3 is 1. The van der Waals surface area contributed by atoms with E-state index in [0.717, 1.165) is 49.5 Å². The van der Waals surface area contributed by atoms with Gasteiger partial charge in [-0.05, 0) is 82.9 Å². The second kappa shape index (κ2) is 15.3. The zero-order chi connectivity index (χ0) is 32.8. The van der Waals surface area contributed by atoms with E-state index < -0.39 is 5.97 Å². The van der Waals surface area contributed by atoms with Gasteiger partial charge in [0, 0.05) is 36.4 Å². The number of benzene rings is 3. The van der Waals surface area contributed by atoms with Crippen molar-refractivity contribution in [3.8, 4) is 28.4 Å². The lowest BCUT2D eigenvalue weighted by Gasteiger charge is -2.26. The number of thiocarbonyl (C=S) groups is 1. The Morgan fingerprint density at radius 3 is 2.53 bits per heavy atom. The molecule has 47 heavy (non-hydrogen) atoms. The highest BCUT2D eigenvalue weighted by molar-refractivity contribution is 8.26. The minimum atomic E-state index is -1.05. The van der Waals surface area contributed by atoms with Gasteiger partial charge in [0.05, 0.1) is 37.4 Å². The third-order valence-electron chi connectivity index (χ3n) is 7.92. The maximum absolute atomic E-state index is 13.6. The van der Waals surface area contributed by atoms with Gasteiger partial charge < -0.3 is 24.1 Å². The van der Waals surface area contributed by atoms with Gasteiger partial charge in [-0.2, -0.15) is 0 Å². The van der Waals surface area contributed by atoms with Crippen LogP contribution in [-0.4, -0.2) is 90.8 Å². The Balaban J connectivity index is 1.16. The monoisotopic (exact) mass is 690 g/mol. The number of hydrogen-bond donors (Lipinski definition) is 1. The zero-order valence-electron chi connectivity index (χ0n) is 25.8. The van der Waals surface area contributed by atoms with Crippen LogP contribution in [0.2, 0.25) is 0 Å². The number of thiophene rings is 1. The molecule has 4 aromatic rings. The molecule has 244 valence electrons. The van der Waals surface area contributed by atoms with Crippen LogP contribution in [0, 0.1) is 0 Å². The number of nitrogens with zero attached hydrogens (tertiary/aromatic N) is 2. The SMILES string of the molecule is COc1cc(C(=O)O)ccc1OCCCN1C(=O)/C(=C/c2cc(-c3ccc4sccc4c3)ccc2OCCN2CCOCC2)SC1=S. The van der Waals surface area contributed by atoms with E-state index in [2.05, 4.69) is 46.7 Å². The topological polar surface area (TPSA) is 97.8 Å². The Morgan fingerprint density at radius 1 is 0.957 bits per heavy atom. The number of thioether (sulfide) groups is 1. The fourth-order valence-corrected chi connectivity index (χ4v) is 7.46. The maximum Gasteiger partial charge on any atom is 0.335 e. The molecule has 2 fully saturated rings. The number of carbonyl (C=O) groups is 2. The summed E-state index contributed by atoms with van der Waals surface area (Å²) in [6.07, 6.45) is 2.39. The van der Waals surface area contributed by atoms with E-state index in [4.69, 9.17) is 31.2 Å². The van der Waals surface area contributed by atoms with Gasteiger partial charge in [-0.1, -0.05) is 36.1 Å². The molecule has 3 heterocycles. The molecule has 0 atom stereocenters. The number of carbonyl (C=O) groups excluding carboxylic acids is 1. The first-order chi connectivity index (χ1) is 22.9. The van der Waals surface area contributed by atoms with Crippen LogP contribution in [0.1, 0.15) is 22.3 Å². The Morgan fingerprint density at radius 2 is 1.72 bits per heavy atom. The summed E-state index contributed by atoms with van der Waals surface area (Å²) in [7, 11) is 1.46. The second-order valence-corrected chi connectivity index (χ2v) is 13.6. The van der Waals surface area contributed by atoms with Crippen molar-refractivity contribution in [2.24, 2.45) is 0 Å². The Bertz CT molecular complexity index is 1820.